The van der Waals surface area contributed by atoms with Gasteiger partial charge in [-0.3, -0.25) is 14.0 Å². The summed E-state index contributed by atoms with van der Waals surface area (Å²) in [5.74, 6) is 1.43. The lowest BCUT2D eigenvalue weighted by atomic mass is 10.2. The second-order valence-corrected chi connectivity index (χ2v) is 5.85. The Hall–Kier alpha value is -2.02. The first-order valence-electron chi connectivity index (χ1n) is 7.25. The van der Waals surface area contributed by atoms with Gasteiger partial charge in [-0.05, 0) is 19.4 Å². The average molecular weight is 317 g/mol. The summed E-state index contributed by atoms with van der Waals surface area (Å²) in [4.78, 5) is 9.08. The Morgan fingerprint density at radius 2 is 2.23 bits per heavy atom. The fourth-order valence-corrected chi connectivity index (χ4v) is 3.17. The Labute approximate surface area is 134 Å². The molecule has 2 aromatic heterocycles. The van der Waals surface area contributed by atoms with Crippen molar-refractivity contribution in [1.29, 1.82) is 0 Å². The quantitative estimate of drug-likeness (QED) is 0.793. The Morgan fingerprint density at radius 3 is 3.00 bits per heavy atom. The molecule has 7 heteroatoms. The van der Waals surface area contributed by atoms with Crippen molar-refractivity contribution in [2.45, 2.75) is 33.0 Å². The molecule has 0 fully saturated rings. The van der Waals surface area contributed by atoms with Crippen LogP contribution in [0.3, 0.4) is 0 Å². The van der Waals surface area contributed by atoms with E-state index < -0.39 is 0 Å². The number of aliphatic imine (C=N–C) groups is 1. The summed E-state index contributed by atoms with van der Waals surface area (Å²) in [6.07, 6.45) is 3.04. The molecule has 0 saturated carbocycles. The van der Waals surface area contributed by atoms with Gasteiger partial charge in [0.1, 0.15) is 5.82 Å². The van der Waals surface area contributed by atoms with Gasteiger partial charge in [-0.2, -0.15) is 10.1 Å². The van der Waals surface area contributed by atoms with E-state index in [0.717, 1.165) is 30.0 Å². The van der Waals surface area contributed by atoms with Crippen molar-refractivity contribution >= 4 is 23.3 Å². The molecule has 0 bridgehead atoms. The van der Waals surface area contributed by atoms with Gasteiger partial charge in [0, 0.05) is 36.3 Å². The van der Waals surface area contributed by atoms with Crippen molar-refractivity contribution in [3.63, 3.8) is 0 Å². The standard InChI is InChI=1S/C15H19N5OS/c1-4-8-19-9-12(11(2)18-19)15-16-10-22-20(15)13-6-5-7-14(17-13)21-3/h5-7,9-10,15H,4,8H2,1-3H3. The molecule has 1 atom stereocenters. The van der Waals surface area contributed by atoms with Gasteiger partial charge in [-0.25, -0.2) is 0 Å². The molecule has 3 heterocycles. The Bertz CT molecular complexity index is 684. The molecule has 3 rings (SSSR count). The monoisotopic (exact) mass is 317 g/mol. The third-order valence-electron chi connectivity index (χ3n) is 3.44. The lowest BCUT2D eigenvalue weighted by Crippen LogP contribution is -2.17. The van der Waals surface area contributed by atoms with Crippen molar-refractivity contribution in [2.24, 2.45) is 4.99 Å². The third-order valence-corrected chi connectivity index (χ3v) is 4.27. The number of aryl methyl sites for hydroxylation is 2. The molecule has 0 aliphatic carbocycles. The molecule has 1 unspecified atom stereocenters. The van der Waals surface area contributed by atoms with E-state index in [1.54, 1.807) is 7.11 Å². The van der Waals surface area contributed by atoms with Gasteiger partial charge in [-0.15, -0.1) is 0 Å². The van der Waals surface area contributed by atoms with Crippen molar-refractivity contribution < 1.29 is 4.74 Å². The molecule has 6 nitrogen and oxygen atoms in total. The van der Waals surface area contributed by atoms with Gasteiger partial charge in [0.2, 0.25) is 5.88 Å². The maximum atomic E-state index is 5.21. The maximum Gasteiger partial charge on any atom is 0.214 e. The molecule has 1 aliphatic heterocycles. The molecular formula is C15H19N5OS. The molecular weight excluding hydrogens is 298 g/mol. The first kappa shape index (κ1) is 14.9. The zero-order valence-corrected chi connectivity index (χ0v) is 13.7. The number of methoxy groups -OCH3 is 1. The van der Waals surface area contributed by atoms with Gasteiger partial charge in [0.05, 0.1) is 18.4 Å². The highest BCUT2D eigenvalue weighted by atomic mass is 32.2. The van der Waals surface area contributed by atoms with Gasteiger partial charge in [0.15, 0.2) is 6.17 Å². The van der Waals surface area contributed by atoms with E-state index in [-0.39, 0.29) is 6.17 Å². The molecule has 0 saturated heterocycles. The van der Waals surface area contributed by atoms with E-state index in [1.807, 2.05) is 35.4 Å². The van der Waals surface area contributed by atoms with Crippen LogP contribution in [0.25, 0.3) is 0 Å². The summed E-state index contributed by atoms with van der Waals surface area (Å²) >= 11 is 1.54. The Kier molecular flexibility index (Phi) is 4.33. The second-order valence-electron chi connectivity index (χ2n) is 5.03. The van der Waals surface area contributed by atoms with E-state index in [4.69, 9.17) is 4.74 Å². The van der Waals surface area contributed by atoms with E-state index in [9.17, 15) is 0 Å². The van der Waals surface area contributed by atoms with Gasteiger partial charge in [0.25, 0.3) is 0 Å². The minimum Gasteiger partial charge on any atom is -0.481 e. The fourth-order valence-electron chi connectivity index (χ4n) is 2.41. The number of aromatic nitrogens is 3. The predicted molar refractivity (Wildman–Crippen MR) is 89.3 cm³/mol. The topological polar surface area (TPSA) is 55.5 Å². The van der Waals surface area contributed by atoms with Crippen LogP contribution in [0.1, 0.15) is 30.8 Å². The number of ether oxygens (including phenoxy) is 1. The lowest BCUT2D eigenvalue weighted by molar-refractivity contribution is 0.398. The first-order valence-corrected chi connectivity index (χ1v) is 8.09. The van der Waals surface area contributed by atoms with Crippen molar-refractivity contribution in [3.8, 4) is 5.88 Å². The number of rotatable bonds is 5. The predicted octanol–water partition coefficient (Wildman–Crippen LogP) is 3.20. The molecule has 22 heavy (non-hydrogen) atoms. The number of nitrogens with zero attached hydrogens (tertiary/aromatic N) is 5. The number of anilines is 1. The summed E-state index contributed by atoms with van der Waals surface area (Å²) in [5.41, 5.74) is 3.97. The normalized spacial score (nSPS) is 17.2. The van der Waals surface area contributed by atoms with E-state index in [0.29, 0.717) is 5.88 Å². The number of hydrogen-bond donors (Lipinski definition) is 0. The zero-order valence-electron chi connectivity index (χ0n) is 12.9. The summed E-state index contributed by atoms with van der Waals surface area (Å²) < 4.78 is 9.27. The fraction of sp³-hybridized carbons (Fsp3) is 0.400. The molecule has 0 aromatic carbocycles. The van der Waals surface area contributed by atoms with Crippen LogP contribution in [0.15, 0.2) is 29.4 Å². The van der Waals surface area contributed by atoms with Crippen LogP contribution in [0, 0.1) is 6.92 Å². The smallest absolute Gasteiger partial charge is 0.214 e. The van der Waals surface area contributed by atoms with Crippen LogP contribution >= 0.6 is 11.9 Å². The second kappa shape index (κ2) is 6.39. The number of hydrogen-bond acceptors (Lipinski definition) is 6. The highest BCUT2D eigenvalue weighted by Gasteiger charge is 2.28. The molecule has 0 amide bonds. The SMILES string of the molecule is CCCn1cc(C2N=CSN2c2cccc(OC)n2)c(C)n1. The minimum absolute atomic E-state index is 0.102. The van der Waals surface area contributed by atoms with E-state index in [2.05, 4.69) is 32.5 Å². The van der Waals surface area contributed by atoms with Crippen LogP contribution < -0.4 is 9.04 Å². The van der Waals surface area contributed by atoms with Gasteiger partial charge in [-0.1, -0.05) is 13.0 Å². The van der Waals surface area contributed by atoms with Crippen LogP contribution in [0.4, 0.5) is 5.82 Å². The molecule has 2 aromatic rings. The molecule has 0 N–H and O–H groups in total. The van der Waals surface area contributed by atoms with Gasteiger partial charge >= 0.3 is 0 Å². The van der Waals surface area contributed by atoms with Crippen LogP contribution in [-0.4, -0.2) is 27.4 Å². The van der Waals surface area contributed by atoms with Crippen molar-refractivity contribution in [3.05, 3.63) is 35.7 Å². The molecule has 0 radical (unpaired) electrons. The molecule has 0 spiro atoms. The highest BCUT2D eigenvalue weighted by Crippen LogP contribution is 2.38. The minimum atomic E-state index is -0.102. The summed E-state index contributed by atoms with van der Waals surface area (Å²) in [6, 6.07) is 5.73. The number of pyridine rings is 1. The third kappa shape index (κ3) is 2.81. The van der Waals surface area contributed by atoms with Crippen LogP contribution in [0.2, 0.25) is 0 Å². The average Bonchev–Trinajstić information content (AvgIpc) is 3.14. The summed E-state index contributed by atoms with van der Waals surface area (Å²) in [6.45, 7) is 5.09. The molecule has 116 valence electrons. The van der Waals surface area contributed by atoms with Crippen molar-refractivity contribution in [2.75, 3.05) is 11.4 Å². The first-order chi connectivity index (χ1) is 10.7. The van der Waals surface area contributed by atoms with Crippen LogP contribution in [-0.2, 0) is 6.54 Å². The Morgan fingerprint density at radius 1 is 1.36 bits per heavy atom. The summed E-state index contributed by atoms with van der Waals surface area (Å²) in [5, 5.41) is 4.57. The van der Waals surface area contributed by atoms with Gasteiger partial charge < -0.3 is 4.74 Å². The highest BCUT2D eigenvalue weighted by molar-refractivity contribution is 8.13. The van der Waals surface area contributed by atoms with E-state index >= 15 is 0 Å². The molecule has 1 aliphatic rings. The lowest BCUT2D eigenvalue weighted by Gasteiger charge is -2.22. The largest absolute Gasteiger partial charge is 0.481 e. The summed E-state index contributed by atoms with van der Waals surface area (Å²) in [7, 11) is 1.62. The van der Waals surface area contributed by atoms with Crippen molar-refractivity contribution in [1.82, 2.24) is 14.8 Å². The van der Waals surface area contributed by atoms with Crippen LogP contribution in [0.5, 0.6) is 5.88 Å². The van der Waals surface area contributed by atoms with E-state index in [1.165, 1.54) is 11.9 Å². The zero-order chi connectivity index (χ0) is 15.5. The Balaban J connectivity index is 1.90. The maximum absolute atomic E-state index is 5.21.